The molecule has 0 spiro atoms. The number of fused-ring (bicyclic) bond motifs is 2. The first-order valence-electron chi connectivity index (χ1n) is 6.75. The zero-order chi connectivity index (χ0) is 14.6. The number of likely N-dealkylation sites (N-methyl/N-ethyl adjacent to an activating group) is 1. The fourth-order valence-electron chi connectivity index (χ4n) is 2.76. The molecule has 4 nitrogen and oxygen atoms in total. The summed E-state index contributed by atoms with van der Waals surface area (Å²) in [5.74, 6) is 0.236. The number of benzene rings is 1. The molecule has 4 rings (SSSR count). The van der Waals surface area contributed by atoms with E-state index in [9.17, 15) is 5.11 Å². The van der Waals surface area contributed by atoms with E-state index in [0.29, 0.717) is 0 Å². The van der Waals surface area contributed by atoms with Crippen molar-refractivity contribution >= 4 is 28.2 Å². The fourth-order valence-corrected chi connectivity index (χ4v) is 3.63. The second kappa shape index (κ2) is 4.30. The predicted octanol–water partition coefficient (Wildman–Crippen LogP) is 1.60. The Morgan fingerprint density at radius 2 is 2.05 bits per heavy atom. The Balaban J connectivity index is 1.94. The minimum absolute atomic E-state index is 0.236. The molecule has 2 aliphatic rings. The van der Waals surface area contributed by atoms with Gasteiger partial charge >= 0.3 is 0 Å². The molecule has 21 heavy (non-hydrogen) atoms. The first-order chi connectivity index (χ1) is 10.1. The number of hydrogen-bond donors (Lipinski definition) is 2. The summed E-state index contributed by atoms with van der Waals surface area (Å²) in [6, 6.07) is 10.2. The van der Waals surface area contributed by atoms with Gasteiger partial charge in [-0.25, -0.2) is 5.01 Å². The molecular formula is C16H15N3OS. The predicted molar refractivity (Wildman–Crippen MR) is 85.7 cm³/mol. The highest BCUT2D eigenvalue weighted by molar-refractivity contribution is 7.14. The second-order valence-corrected chi connectivity index (χ2v) is 6.17. The minimum atomic E-state index is 0.236. The molecule has 106 valence electrons. The van der Waals surface area contributed by atoms with E-state index in [-0.39, 0.29) is 5.88 Å². The summed E-state index contributed by atoms with van der Waals surface area (Å²) in [7, 11) is 1.95. The third-order valence-corrected chi connectivity index (χ3v) is 4.77. The van der Waals surface area contributed by atoms with Crippen molar-refractivity contribution in [2.75, 3.05) is 12.1 Å². The van der Waals surface area contributed by atoms with E-state index in [4.69, 9.17) is 0 Å². The molecule has 3 heterocycles. The number of thiophene rings is 1. The second-order valence-electron chi connectivity index (χ2n) is 5.28. The number of aliphatic hydroxyl groups is 1. The molecule has 5 heteroatoms. The number of nitrogens with one attached hydrogen (secondary N) is 1. The molecule has 1 aromatic carbocycles. The van der Waals surface area contributed by atoms with E-state index in [0.717, 1.165) is 26.8 Å². The van der Waals surface area contributed by atoms with Crippen LogP contribution < -0.4 is 20.9 Å². The molecule has 2 aliphatic heterocycles. The van der Waals surface area contributed by atoms with Gasteiger partial charge in [0, 0.05) is 23.7 Å². The van der Waals surface area contributed by atoms with Crippen LogP contribution in [0.15, 0.2) is 47.3 Å². The van der Waals surface area contributed by atoms with Crippen molar-refractivity contribution < 1.29 is 5.11 Å². The first kappa shape index (κ1) is 12.3. The number of nitrogens with zero attached hydrogens (tertiary/aromatic N) is 2. The molecule has 0 radical (unpaired) electrons. The zero-order valence-corrected chi connectivity index (χ0v) is 12.6. The van der Waals surface area contributed by atoms with E-state index >= 15 is 0 Å². The standard InChI is InChI=1S/C16H15N3OS/c1-10-7-13(21-9-10)19-16(20)15-14(17-19)12-6-4-3-5-11(12)8-18(15)2/h3-9,17,20H,1-2H3. The smallest absolute Gasteiger partial charge is 0.238 e. The lowest BCUT2D eigenvalue weighted by Crippen LogP contribution is -2.39. The number of anilines is 1. The van der Waals surface area contributed by atoms with Gasteiger partial charge in [-0.2, -0.15) is 0 Å². The van der Waals surface area contributed by atoms with Gasteiger partial charge in [-0.3, -0.25) is 5.43 Å². The van der Waals surface area contributed by atoms with Gasteiger partial charge in [0.1, 0.15) is 10.7 Å². The van der Waals surface area contributed by atoms with Gasteiger partial charge in [0.25, 0.3) is 0 Å². The Bertz CT molecular complexity index is 881. The van der Waals surface area contributed by atoms with Crippen LogP contribution >= 0.6 is 11.3 Å². The molecule has 1 aromatic heterocycles. The van der Waals surface area contributed by atoms with Crippen molar-refractivity contribution in [3.63, 3.8) is 0 Å². The Hall–Kier alpha value is -2.40. The Labute approximate surface area is 126 Å². The summed E-state index contributed by atoms with van der Waals surface area (Å²) in [6.07, 6.45) is 2.04. The highest BCUT2D eigenvalue weighted by Gasteiger charge is 2.32. The van der Waals surface area contributed by atoms with Crippen LogP contribution in [0.2, 0.25) is 0 Å². The quantitative estimate of drug-likeness (QED) is 0.839. The summed E-state index contributed by atoms with van der Waals surface area (Å²) >= 11 is 1.61. The zero-order valence-electron chi connectivity index (χ0n) is 11.8. The molecule has 2 aromatic rings. The molecule has 0 fully saturated rings. The normalized spacial score (nSPS) is 16.6. The van der Waals surface area contributed by atoms with Gasteiger partial charge in [0.2, 0.25) is 5.88 Å². The minimum Gasteiger partial charge on any atom is -0.492 e. The highest BCUT2D eigenvalue weighted by Crippen LogP contribution is 2.33. The maximum absolute atomic E-state index is 10.6. The number of hydrogen-bond acceptors (Lipinski definition) is 5. The first-order valence-corrected chi connectivity index (χ1v) is 7.62. The van der Waals surface area contributed by atoms with Gasteiger partial charge in [-0.15, -0.1) is 11.3 Å². The molecule has 0 bridgehead atoms. The van der Waals surface area contributed by atoms with Crippen LogP contribution in [0.5, 0.6) is 0 Å². The van der Waals surface area contributed by atoms with E-state index in [1.54, 1.807) is 16.3 Å². The average molecular weight is 297 g/mol. The van der Waals surface area contributed by atoms with Crippen LogP contribution in [0, 0.1) is 6.92 Å². The summed E-state index contributed by atoms with van der Waals surface area (Å²) in [6.45, 7) is 2.05. The molecule has 0 saturated carbocycles. The third-order valence-electron chi connectivity index (χ3n) is 3.74. The number of aryl methyl sites for hydroxylation is 1. The molecule has 0 atom stereocenters. The highest BCUT2D eigenvalue weighted by atomic mass is 32.1. The summed E-state index contributed by atoms with van der Waals surface area (Å²) in [5.41, 5.74) is 6.27. The van der Waals surface area contributed by atoms with Crippen molar-refractivity contribution in [2.24, 2.45) is 0 Å². The average Bonchev–Trinajstić information content (AvgIpc) is 3.03. The summed E-state index contributed by atoms with van der Waals surface area (Å²) < 4.78 is 0. The van der Waals surface area contributed by atoms with Crippen LogP contribution in [-0.2, 0) is 0 Å². The van der Waals surface area contributed by atoms with Gasteiger partial charge in [0.05, 0.1) is 5.70 Å². The third kappa shape index (κ3) is 1.74. The maximum Gasteiger partial charge on any atom is 0.238 e. The Morgan fingerprint density at radius 3 is 2.81 bits per heavy atom. The topological polar surface area (TPSA) is 38.7 Å². The lowest BCUT2D eigenvalue weighted by molar-refractivity contribution is 0.377. The fraction of sp³-hybridized carbons (Fsp3) is 0.125. The molecule has 0 unspecified atom stereocenters. The van der Waals surface area contributed by atoms with Gasteiger partial charge in [0.15, 0.2) is 0 Å². The van der Waals surface area contributed by atoms with E-state index < -0.39 is 0 Å². The number of hydrazine groups is 1. The lowest BCUT2D eigenvalue weighted by atomic mass is 10.1. The van der Waals surface area contributed by atoms with E-state index in [1.807, 2.05) is 30.3 Å². The van der Waals surface area contributed by atoms with E-state index in [2.05, 4.69) is 35.9 Å². The van der Waals surface area contributed by atoms with Crippen molar-refractivity contribution in [3.8, 4) is 0 Å². The molecule has 2 N–H and O–H groups in total. The number of rotatable bonds is 1. The molecule has 0 aliphatic carbocycles. The SMILES string of the molecule is Cc1csc(N2NC3=c4ccccc4=CN(C)C3=C2O)c1. The largest absolute Gasteiger partial charge is 0.492 e. The van der Waals surface area contributed by atoms with Crippen LogP contribution in [0.25, 0.3) is 11.9 Å². The van der Waals surface area contributed by atoms with Crippen LogP contribution in [0.1, 0.15) is 5.56 Å². The molecule has 0 saturated heterocycles. The molecule has 0 amide bonds. The van der Waals surface area contributed by atoms with Crippen molar-refractivity contribution in [1.82, 2.24) is 10.3 Å². The Morgan fingerprint density at radius 1 is 1.24 bits per heavy atom. The monoisotopic (exact) mass is 297 g/mol. The van der Waals surface area contributed by atoms with Gasteiger partial charge in [-0.05, 0) is 23.9 Å². The summed E-state index contributed by atoms with van der Waals surface area (Å²) in [4.78, 5) is 1.96. The van der Waals surface area contributed by atoms with Crippen LogP contribution in [0.3, 0.4) is 0 Å². The van der Waals surface area contributed by atoms with Crippen molar-refractivity contribution in [1.29, 1.82) is 0 Å². The summed E-state index contributed by atoms with van der Waals surface area (Å²) in [5, 5.41) is 17.7. The van der Waals surface area contributed by atoms with E-state index in [1.165, 1.54) is 5.56 Å². The van der Waals surface area contributed by atoms with Crippen LogP contribution in [-0.4, -0.2) is 17.1 Å². The van der Waals surface area contributed by atoms with Gasteiger partial charge < -0.3 is 10.0 Å². The molecular weight excluding hydrogens is 282 g/mol. The number of aliphatic hydroxyl groups excluding tert-OH is 1. The van der Waals surface area contributed by atoms with Crippen molar-refractivity contribution in [2.45, 2.75) is 6.92 Å². The maximum atomic E-state index is 10.6. The van der Waals surface area contributed by atoms with Gasteiger partial charge in [-0.1, -0.05) is 24.3 Å². The lowest BCUT2D eigenvalue weighted by Gasteiger charge is -2.19. The van der Waals surface area contributed by atoms with Crippen LogP contribution in [0.4, 0.5) is 5.00 Å². The Kier molecular flexibility index (Phi) is 2.53. The van der Waals surface area contributed by atoms with Crippen molar-refractivity contribution in [3.05, 3.63) is 63.3 Å².